The number of halogens is 1. The second-order valence-electron chi connectivity index (χ2n) is 3.27. The Balaban J connectivity index is 2.87. The van der Waals surface area contributed by atoms with Gasteiger partial charge >= 0.3 is 0 Å². The molecule has 0 bridgehead atoms. The average molecular weight is 241 g/mol. The number of hydrogen-bond donors (Lipinski definition) is 0. The number of ether oxygens (including phenoxy) is 2. The summed E-state index contributed by atoms with van der Waals surface area (Å²) >= 11 is 5.51. The summed E-state index contributed by atoms with van der Waals surface area (Å²) in [6.07, 6.45) is 0.745. The molecule has 0 radical (unpaired) electrons. The molecule has 0 aliphatic carbocycles. The summed E-state index contributed by atoms with van der Waals surface area (Å²) in [6.45, 7) is 2.19. The van der Waals surface area contributed by atoms with Crippen molar-refractivity contribution < 1.29 is 14.3 Å². The molecule has 4 heteroatoms. The lowest BCUT2D eigenvalue weighted by atomic mass is 10.2. The van der Waals surface area contributed by atoms with Gasteiger partial charge in [-0.15, -0.1) is 0 Å². The standard InChI is InChI=1S/C12H13ClO3/c1-9(6-13)8-16-12-5-11(15-2)4-3-10(12)7-14/h3-7H,8H2,1-2H3/b9-6+. The first kappa shape index (κ1) is 12.6. The molecule has 86 valence electrons. The van der Waals surface area contributed by atoms with Crippen LogP contribution in [0, 0.1) is 0 Å². The summed E-state index contributed by atoms with van der Waals surface area (Å²) < 4.78 is 10.5. The zero-order valence-electron chi connectivity index (χ0n) is 9.20. The quantitative estimate of drug-likeness (QED) is 0.742. The molecule has 0 amide bonds. The lowest BCUT2D eigenvalue weighted by molar-refractivity contribution is 0.112. The van der Waals surface area contributed by atoms with Gasteiger partial charge in [-0.2, -0.15) is 0 Å². The van der Waals surface area contributed by atoms with E-state index in [2.05, 4.69) is 0 Å². The average Bonchev–Trinajstić information content (AvgIpc) is 2.35. The van der Waals surface area contributed by atoms with Crippen molar-refractivity contribution >= 4 is 17.9 Å². The Morgan fingerprint density at radius 1 is 1.50 bits per heavy atom. The molecule has 0 aliphatic heterocycles. The van der Waals surface area contributed by atoms with Crippen LogP contribution in [0.25, 0.3) is 0 Å². The molecular weight excluding hydrogens is 228 g/mol. The van der Waals surface area contributed by atoms with E-state index in [4.69, 9.17) is 21.1 Å². The van der Waals surface area contributed by atoms with Crippen LogP contribution < -0.4 is 9.47 Å². The second-order valence-corrected chi connectivity index (χ2v) is 3.48. The molecule has 0 fully saturated rings. The summed E-state index contributed by atoms with van der Waals surface area (Å²) in [6, 6.07) is 5.03. The summed E-state index contributed by atoms with van der Waals surface area (Å²) in [4.78, 5) is 10.8. The molecule has 0 atom stereocenters. The van der Waals surface area contributed by atoms with Gasteiger partial charge in [0.1, 0.15) is 18.1 Å². The van der Waals surface area contributed by atoms with Gasteiger partial charge < -0.3 is 9.47 Å². The highest BCUT2D eigenvalue weighted by Gasteiger charge is 2.05. The fraction of sp³-hybridized carbons (Fsp3) is 0.250. The van der Waals surface area contributed by atoms with Crippen molar-refractivity contribution in [1.82, 2.24) is 0 Å². The molecule has 3 nitrogen and oxygen atoms in total. The molecule has 0 saturated carbocycles. The second kappa shape index (κ2) is 6.18. The van der Waals surface area contributed by atoms with Gasteiger partial charge in [-0.1, -0.05) is 11.6 Å². The number of carbonyl (C=O) groups excluding carboxylic acids is 1. The molecule has 0 aliphatic rings. The zero-order chi connectivity index (χ0) is 12.0. The van der Waals surface area contributed by atoms with Gasteiger partial charge in [0.15, 0.2) is 6.29 Å². The fourth-order valence-corrected chi connectivity index (χ4v) is 1.15. The van der Waals surface area contributed by atoms with Gasteiger partial charge in [0.25, 0.3) is 0 Å². The van der Waals surface area contributed by atoms with Crippen LogP contribution in [0.5, 0.6) is 11.5 Å². The largest absolute Gasteiger partial charge is 0.497 e. The summed E-state index contributed by atoms with van der Waals surface area (Å²) in [7, 11) is 1.56. The third kappa shape index (κ3) is 3.28. The van der Waals surface area contributed by atoms with Crippen molar-refractivity contribution in [3.8, 4) is 11.5 Å². The number of benzene rings is 1. The number of hydrogen-bond acceptors (Lipinski definition) is 3. The molecule has 1 aromatic carbocycles. The molecule has 0 aromatic heterocycles. The van der Waals surface area contributed by atoms with Crippen LogP contribution in [0.2, 0.25) is 0 Å². The van der Waals surface area contributed by atoms with Crippen LogP contribution >= 0.6 is 11.6 Å². The van der Waals surface area contributed by atoms with Crippen LogP contribution in [-0.4, -0.2) is 20.0 Å². The van der Waals surface area contributed by atoms with Gasteiger partial charge in [0.2, 0.25) is 0 Å². The van der Waals surface area contributed by atoms with Crippen LogP contribution in [0.15, 0.2) is 29.3 Å². The predicted octanol–water partition coefficient (Wildman–Crippen LogP) is 3.03. The van der Waals surface area contributed by atoms with E-state index in [1.54, 1.807) is 25.3 Å². The van der Waals surface area contributed by atoms with Crippen LogP contribution in [0.4, 0.5) is 0 Å². The normalized spacial score (nSPS) is 11.1. The highest BCUT2D eigenvalue weighted by atomic mass is 35.5. The van der Waals surface area contributed by atoms with Crippen LogP contribution in [0.1, 0.15) is 17.3 Å². The Morgan fingerprint density at radius 2 is 2.25 bits per heavy atom. The Hall–Kier alpha value is -1.48. The maximum Gasteiger partial charge on any atom is 0.153 e. The van der Waals surface area contributed by atoms with Crippen LogP contribution in [0.3, 0.4) is 0 Å². The fourth-order valence-electron chi connectivity index (χ4n) is 1.09. The Bertz CT molecular complexity index is 399. The summed E-state index contributed by atoms with van der Waals surface area (Å²) in [5, 5.41) is 0. The lowest BCUT2D eigenvalue weighted by Crippen LogP contribution is -2.01. The Morgan fingerprint density at radius 3 is 2.81 bits per heavy atom. The van der Waals surface area contributed by atoms with Crippen molar-refractivity contribution in [2.45, 2.75) is 6.92 Å². The molecule has 0 saturated heterocycles. The highest BCUT2D eigenvalue weighted by molar-refractivity contribution is 6.25. The van der Waals surface area contributed by atoms with Crippen LogP contribution in [-0.2, 0) is 0 Å². The minimum atomic E-state index is 0.345. The molecular formula is C12H13ClO3. The first-order valence-corrected chi connectivity index (χ1v) is 5.16. The maximum atomic E-state index is 10.8. The number of carbonyl (C=O) groups is 1. The third-order valence-electron chi connectivity index (χ3n) is 1.99. The van der Waals surface area contributed by atoms with Crippen molar-refractivity contribution in [3.63, 3.8) is 0 Å². The molecule has 0 heterocycles. The van der Waals surface area contributed by atoms with Crippen molar-refractivity contribution in [3.05, 3.63) is 34.9 Å². The van der Waals surface area contributed by atoms with Gasteiger partial charge in [0.05, 0.1) is 12.7 Å². The first-order chi connectivity index (χ1) is 7.71. The van der Waals surface area contributed by atoms with E-state index in [9.17, 15) is 4.79 Å². The van der Waals surface area contributed by atoms with Crippen molar-refractivity contribution in [2.75, 3.05) is 13.7 Å². The van der Waals surface area contributed by atoms with Crippen molar-refractivity contribution in [1.29, 1.82) is 0 Å². The monoisotopic (exact) mass is 240 g/mol. The van der Waals surface area contributed by atoms with E-state index in [1.165, 1.54) is 5.54 Å². The van der Waals surface area contributed by atoms with Crippen molar-refractivity contribution in [2.24, 2.45) is 0 Å². The molecule has 1 aromatic rings. The van der Waals surface area contributed by atoms with Gasteiger partial charge in [-0.3, -0.25) is 4.79 Å². The van der Waals surface area contributed by atoms with E-state index in [1.807, 2.05) is 6.92 Å². The first-order valence-electron chi connectivity index (χ1n) is 4.73. The van der Waals surface area contributed by atoms with Gasteiger partial charge in [0, 0.05) is 11.6 Å². The van der Waals surface area contributed by atoms with E-state index < -0.39 is 0 Å². The molecule has 1 rings (SSSR count). The number of rotatable bonds is 5. The lowest BCUT2D eigenvalue weighted by Gasteiger charge is -2.09. The topological polar surface area (TPSA) is 35.5 Å². The Kier molecular flexibility index (Phi) is 4.86. The molecule has 0 unspecified atom stereocenters. The SMILES string of the molecule is COc1ccc(C=O)c(OC/C(C)=C/Cl)c1. The van der Waals surface area contributed by atoms with E-state index in [0.717, 1.165) is 11.9 Å². The minimum absolute atomic E-state index is 0.345. The van der Waals surface area contributed by atoms with Gasteiger partial charge in [-0.25, -0.2) is 0 Å². The maximum absolute atomic E-state index is 10.8. The highest BCUT2D eigenvalue weighted by Crippen LogP contribution is 2.23. The number of aldehydes is 1. The molecule has 0 spiro atoms. The smallest absolute Gasteiger partial charge is 0.153 e. The van der Waals surface area contributed by atoms with E-state index in [0.29, 0.717) is 23.7 Å². The third-order valence-corrected chi connectivity index (χ3v) is 2.36. The molecule has 0 N–H and O–H groups in total. The van der Waals surface area contributed by atoms with E-state index in [-0.39, 0.29) is 0 Å². The summed E-state index contributed by atoms with van der Waals surface area (Å²) in [5.41, 5.74) is 2.81. The number of methoxy groups -OCH3 is 1. The Labute approximate surface area is 99.6 Å². The predicted molar refractivity (Wildman–Crippen MR) is 63.5 cm³/mol. The molecule has 16 heavy (non-hydrogen) atoms. The van der Waals surface area contributed by atoms with E-state index >= 15 is 0 Å². The minimum Gasteiger partial charge on any atom is -0.497 e. The zero-order valence-corrected chi connectivity index (χ0v) is 9.95. The van der Waals surface area contributed by atoms with Gasteiger partial charge in [-0.05, 0) is 24.6 Å². The summed E-state index contributed by atoms with van der Waals surface area (Å²) in [5.74, 6) is 1.14.